The van der Waals surface area contributed by atoms with E-state index in [1.165, 1.54) is 19.3 Å². The topological polar surface area (TPSA) is 58.4 Å². The van der Waals surface area contributed by atoms with Crippen LogP contribution in [0.15, 0.2) is 30.3 Å². The average molecular weight is 287 g/mol. The van der Waals surface area contributed by atoms with Crippen LogP contribution in [0.4, 0.5) is 0 Å². The second-order valence-corrected chi connectivity index (χ2v) is 6.39. The molecule has 3 N–H and O–H groups in total. The summed E-state index contributed by atoms with van der Waals surface area (Å²) < 4.78 is 0. The van der Waals surface area contributed by atoms with Gasteiger partial charge in [0.15, 0.2) is 0 Å². The molecule has 2 aliphatic rings. The van der Waals surface area contributed by atoms with Crippen LogP contribution in [-0.2, 0) is 10.3 Å². The summed E-state index contributed by atoms with van der Waals surface area (Å²) in [6, 6.07) is 10.4. The number of piperidine rings is 1. The number of likely N-dealkylation sites (tertiary alicyclic amines) is 1. The lowest BCUT2D eigenvalue weighted by atomic mass is 9.87. The van der Waals surface area contributed by atoms with Gasteiger partial charge >= 0.3 is 0 Å². The van der Waals surface area contributed by atoms with Gasteiger partial charge in [0.1, 0.15) is 5.54 Å². The van der Waals surface area contributed by atoms with E-state index in [9.17, 15) is 4.79 Å². The Labute approximate surface area is 126 Å². The molecule has 1 aliphatic heterocycles. The minimum Gasteiger partial charge on any atom is -0.368 e. The number of nitrogens with one attached hydrogen (secondary N) is 1. The lowest BCUT2D eigenvalue weighted by Crippen LogP contribution is -2.60. The first kappa shape index (κ1) is 14.5. The van der Waals surface area contributed by atoms with Gasteiger partial charge in [0, 0.05) is 12.6 Å². The standard InChI is InChI=1S/C17H25N3O/c18-16(21)17(19-15-9-10-15,14-7-3-1-4-8-14)13-20-11-5-2-6-12-20/h1,3-4,7-8,15,19H,2,5-6,9-13H2,(H2,18,21). The molecule has 114 valence electrons. The summed E-state index contributed by atoms with van der Waals surface area (Å²) in [5.41, 5.74) is 6.11. The van der Waals surface area contributed by atoms with Gasteiger partial charge in [-0.3, -0.25) is 10.1 Å². The molecule has 1 heterocycles. The van der Waals surface area contributed by atoms with Crippen molar-refractivity contribution in [1.82, 2.24) is 10.2 Å². The van der Waals surface area contributed by atoms with Gasteiger partial charge in [-0.1, -0.05) is 36.8 Å². The first-order valence-electron chi connectivity index (χ1n) is 8.06. The highest BCUT2D eigenvalue weighted by atomic mass is 16.1. The minimum absolute atomic E-state index is 0.258. The Kier molecular flexibility index (Phi) is 4.27. The molecule has 1 unspecified atom stereocenters. The SMILES string of the molecule is NC(=O)C(CN1CCCCC1)(NC1CC1)c1ccccc1. The second kappa shape index (κ2) is 6.16. The predicted molar refractivity (Wildman–Crippen MR) is 83.8 cm³/mol. The molecule has 1 aliphatic carbocycles. The molecule has 2 fully saturated rings. The van der Waals surface area contributed by atoms with Crippen molar-refractivity contribution in [3.63, 3.8) is 0 Å². The Morgan fingerprint density at radius 3 is 2.43 bits per heavy atom. The van der Waals surface area contributed by atoms with Crippen LogP contribution in [-0.4, -0.2) is 36.5 Å². The van der Waals surface area contributed by atoms with E-state index in [4.69, 9.17) is 5.73 Å². The van der Waals surface area contributed by atoms with Crippen LogP contribution in [0.1, 0.15) is 37.7 Å². The zero-order valence-electron chi connectivity index (χ0n) is 12.6. The highest BCUT2D eigenvalue weighted by molar-refractivity contribution is 5.86. The van der Waals surface area contributed by atoms with E-state index in [1.807, 2.05) is 30.3 Å². The molecule has 1 atom stereocenters. The van der Waals surface area contributed by atoms with E-state index >= 15 is 0 Å². The number of nitrogens with two attached hydrogens (primary N) is 1. The fourth-order valence-electron chi connectivity index (χ4n) is 3.26. The number of amides is 1. The van der Waals surface area contributed by atoms with E-state index in [0.29, 0.717) is 12.6 Å². The van der Waals surface area contributed by atoms with E-state index in [0.717, 1.165) is 31.5 Å². The van der Waals surface area contributed by atoms with Crippen molar-refractivity contribution in [3.05, 3.63) is 35.9 Å². The summed E-state index contributed by atoms with van der Waals surface area (Å²) in [6.45, 7) is 2.81. The molecule has 21 heavy (non-hydrogen) atoms. The number of carbonyl (C=O) groups excluding carboxylic acids is 1. The van der Waals surface area contributed by atoms with Crippen LogP contribution in [0.3, 0.4) is 0 Å². The quantitative estimate of drug-likeness (QED) is 0.835. The van der Waals surface area contributed by atoms with E-state index in [1.54, 1.807) is 0 Å². The molecule has 4 nitrogen and oxygen atoms in total. The van der Waals surface area contributed by atoms with Crippen molar-refractivity contribution in [2.75, 3.05) is 19.6 Å². The molecule has 0 bridgehead atoms. The maximum atomic E-state index is 12.4. The van der Waals surface area contributed by atoms with Gasteiger partial charge in [-0.15, -0.1) is 0 Å². The highest BCUT2D eigenvalue weighted by Gasteiger charge is 2.43. The number of primary amides is 1. The molecule has 0 radical (unpaired) electrons. The van der Waals surface area contributed by atoms with Crippen molar-refractivity contribution in [3.8, 4) is 0 Å². The number of nitrogens with zero attached hydrogens (tertiary/aromatic N) is 1. The van der Waals surface area contributed by atoms with Gasteiger partial charge in [0.05, 0.1) is 0 Å². The third-order valence-corrected chi connectivity index (χ3v) is 4.62. The van der Waals surface area contributed by atoms with Crippen LogP contribution in [0.2, 0.25) is 0 Å². The molecule has 1 aromatic rings. The summed E-state index contributed by atoms with van der Waals surface area (Å²) in [5.74, 6) is -0.258. The molecule has 1 aromatic carbocycles. The Bertz CT molecular complexity index is 480. The Morgan fingerprint density at radius 2 is 1.86 bits per heavy atom. The number of hydrogen-bond acceptors (Lipinski definition) is 3. The summed E-state index contributed by atoms with van der Waals surface area (Å²) in [6.07, 6.45) is 6.01. The fourth-order valence-corrected chi connectivity index (χ4v) is 3.26. The number of benzene rings is 1. The Balaban J connectivity index is 1.89. The zero-order chi connectivity index (χ0) is 14.7. The third kappa shape index (κ3) is 3.27. The first-order valence-corrected chi connectivity index (χ1v) is 8.06. The van der Waals surface area contributed by atoms with Gasteiger partial charge in [0.25, 0.3) is 0 Å². The normalized spacial score (nSPS) is 22.7. The van der Waals surface area contributed by atoms with Gasteiger partial charge in [-0.25, -0.2) is 0 Å². The van der Waals surface area contributed by atoms with Crippen molar-refractivity contribution in [1.29, 1.82) is 0 Å². The van der Waals surface area contributed by atoms with E-state index < -0.39 is 5.54 Å². The second-order valence-electron chi connectivity index (χ2n) is 6.39. The van der Waals surface area contributed by atoms with Gasteiger partial charge in [0.2, 0.25) is 5.91 Å². The van der Waals surface area contributed by atoms with Crippen molar-refractivity contribution in [2.24, 2.45) is 5.73 Å². The highest BCUT2D eigenvalue weighted by Crippen LogP contribution is 2.30. The summed E-state index contributed by atoms with van der Waals surface area (Å²) in [4.78, 5) is 14.8. The number of hydrogen-bond donors (Lipinski definition) is 2. The third-order valence-electron chi connectivity index (χ3n) is 4.62. The molecule has 3 rings (SSSR count). The lowest BCUT2D eigenvalue weighted by molar-refractivity contribution is -0.126. The number of rotatable bonds is 6. The van der Waals surface area contributed by atoms with Gasteiger partial charge in [-0.05, 0) is 44.3 Å². The van der Waals surface area contributed by atoms with Crippen LogP contribution in [0.25, 0.3) is 0 Å². The summed E-state index contributed by atoms with van der Waals surface area (Å²) in [5, 5.41) is 3.55. The fraction of sp³-hybridized carbons (Fsp3) is 0.588. The lowest BCUT2D eigenvalue weighted by Gasteiger charge is -2.39. The maximum absolute atomic E-state index is 12.4. The van der Waals surface area contributed by atoms with Gasteiger partial charge < -0.3 is 10.6 Å². The zero-order valence-corrected chi connectivity index (χ0v) is 12.6. The molecular formula is C17H25N3O. The van der Waals surface area contributed by atoms with Crippen LogP contribution in [0.5, 0.6) is 0 Å². The molecule has 1 saturated carbocycles. The molecule has 1 amide bonds. The van der Waals surface area contributed by atoms with Gasteiger partial charge in [-0.2, -0.15) is 0 Å². The number of carbonyl (C=O) groups is 1. The largest absolute Gasteiger partial charge is 0.368 e. The minimum atomic E-state index is -0.750. The monoisotopic (exact) mass is 287 g/mol. The Hall–Kier alpha value is -1.39. The Morgan fingerprint density at radius 1 is 1.19 bits per heavy atom. The molecule has 0 aromatic heterocycles. The van der Waals surface area contributed by atoms with Crippen LogP contribution >= 0.6 is 0 Å². The molecule has 0 spiro atoms. The maximum Gasteiger partial charge on any atom is 0.243 e. The van der Waals surface area contributed by atoms with Crippen LogP contribution in [0, 0.1) is 0 Å². The predicted octanol–water partition coefficient (Wildman–Crippen LogP) is 1.61. The van der Waals surface area contributed by atoms with Crippen LogP contribution < -0.4 is 11.1 Å². The summed E-state index contributed by atoms with van der Waals surface area (Å²) in [7, 11) is 0. The molecule has 4 heteroatoms. The molecule has 1 saturated heterocycles. The summed E-state index contributed by atoms with van der Waals surface area (Å²) >= 11 is 0. The first-order chi connectivity index (χ1) is 10.2. The van der Waals surface area contributed by atoms with E-state index in [-0.39, 0.29) is 5.91 Å². The van der Waals surface area contributed by atoms with Crippen molar-refractivity contribution in [2.45, 2.75) is 43.7 Å². The van der Waals surface area contributed by atoms with Crippen molar-refractivity contribution < 1.29 is 4.79 Å². The average Bonchev–Trinajstić information content (AvgIpc) is 3.32. The molecular weight excluding hydrogens is 262 g/mol. The van der Waals surface area contributed by atoms with E-state index in [2.05, 4.69) is 10.2 Å². The van der Waals surface area contributed by atoms with Crippen molar-refractivity contribution >= 4 is 5.91 Å². The smallest absolute Gasteiger partial charge is 0.243 e.